The van der Waals surface area contributed by atoms with Gasteiger partial charge in [-0.1, -0.05) is 30.3 Å². The standard InChI is InChI=1S/C28H40FN9O4.C2H4O2/c1-2-38(15-13-19-6-3-4-7-21(19)29)24(40)17-35-25(41)22(8-5-14-34-27(30)31)36-26(42)23(37-28(32)33)16-18-9-11-20(39)12-10-18;1-2(3)4/h3-4,6-7,9-12,22-23,39H,2,5,8,13-17H2,1H3,(H,35,41)(H,36,42)(H4,30,31,34)(H4,32,33,37);1H3,(H,3,4)/t22-,23+;/m1./s1. The fourth-order valence-corrected chi connectivity index (χ4v) is 4.09. The highest BCUT2D eigenvalue weighted by Crippen LogP contribution is 2.13. The van der Waals surface area contributed by atoms with Gasteiger partial charge in [0.25, 0.3) is 5.97 Å². The number of nitrogens with one attached hydrogen (secondary N) is 2. The van der Waals surface area contributed by atoms with Crippen molar-refractivity contribution in [2.75, 3.05) is 26.2 Å². The number of aliphatic imine (C=N–C) groups is 2. The van der Waals surface area contributed by atoms with E-state index in [0.29, 0.717) is 30.5 Å². The average molecular weight is 646 g/mol. The third-order valence-corrected chi connectivity index (χ3v) is 6.31. The van der Waals surface area contributed by atoms with E-state index in [-0.39, 0.29) is 61.9 Å². The number of nitrogens with zero attached hydrogens (tertiary/aromatic N) is 3. The summed E-state index contributed by atoms with van der Waals surface area (Å²) in [6.45, 7) is 3.38. The van der Waals surface area contributed by atoms with Crippen LogP contribution in [-0.2, 0) is 32.0 Å². The summed E-state index contributed by atoms with van der Waals surface area (Å²) < 4.78 is 14.0. The quantitative estimate of drug-likeness (QED) is 0.0662. The molecule has 3 amide bonds. The largest absolute Gasteiger partial charge is 0.508 e. The highest BCUT2D eigenvalue weighted by molar-refractivity contribution is 5.93. The molecule has 252 valence electrons. The maximum atomic E-state index is 14.0. The van der Waals surface area contributed by atoms with Crippen molar-refractivity contribution in [1.29, 1.82) is 0 Å². The molecule has 12 N–H and O–H groups in total. The van der Waals surface area contributed by atoms with Gasteiger partial charge in [-0.25, -0.2) is 9.38 Å². The summed E-state index contributed by atoms with van der Waals surface area (Å²) in [6.07, 6.45) is 0.912. The first-order chi connectivity index (χ1) is 21.7. The molecule has 0 heterocycles. The van der Waals surface area contributed by atoms with Crippen LogP contribution < -0.4 is 33.6 Å². The second kappa shape index (κ2) is 20.5. The van der Waals surface area contributed by atoms with Gasteiger partial charge in [0.05, 0.1) is 6.54 Å². The van der Waals surface area contributed by atoms with Crippen molar-refractivity contribution in [3.05, 3.63) is 65.5 Å². The van der Waals surface area contributed by atoms with Crippen LogP contribution in [0.25, 0.3) is 0 Å². The number of aromatic hydroxyl groups is 1. The lowest BCUT2D eigenvalue weighted by Gasteiger charge is -2.23. The molecule has 2 aromatic rings. The molecule has 0 aliphatic rings. The van der Waals surface area contributed by atoms with Crippen molar-refractivity contribution in [2.45, 2.75) is 51.6 Å². The number of benzene rings is 2. The number of amides is 3. The van der Waals surface area contributed by atoms with Crippen molar-refractivity contribution in [1.82, 2.24) is 15.5 Å². The number of hydrogen-bond acceptors (Lipinski definition) is 7. The summed E-state index contributed by atoms with van der Waals surface area (Å²) in [4.78, 5) is 57.6. The van der Waals surface area contributed by atoms with Crippen LogP contribution in [0.1, 0.15) is 37.8 Å². The molecule has 0 aliphatic heterocycles. The third-order valence-electron chi connectivity index (χ3n) is 6.31. The highest BCUT2D eigenvalue weighted by Gasteiger charge is 2.26. The number of carbonyl (C=O) groups is 4. The van der Waals surface area contributed by atoms with E-state index >= 15 is 0 Å². The van der Waals surface area contributed by atoms with Crippen molar-refractivity contribution >= 4 is 35.6 Å². The van der Waals surface area contributed by atoms with Gasteiger partial charge in [-0.2, -0.15) is 0 Å². The summed E-state index contributed by atoms with van der Waals surface area (Å²) >= 11 is 0. The number of carbonyl (C=O) groups excluding carboxylic acids is 3. The van der Waals surface area contributed by atoms with E-state index in [1.165, 1.54) is 23.1 Å². The highest BCUT2D eigenvalue weighted by atomic mass is 19.1. The lowest BCUT2D eigenvalue weighted by Crippen LogP contribution is -2.52. The number of carboxylic acids is 1. The van der Waals surface area contributed by atoms with E-state index in [4.69, 9.17) is 32.8 Å². The number of carboxylic acid groups (broad SMARTS) is 1. The number of nitrogens with two attached hydrogens (primary N) is 4. The van der Waals surface area contributed by atoms with E-state index in [1.54, 1.807) is 37.3 Å². The number of aliphatic carboxylic acids is 1. The molecule has 16 heteroatoms. The summed E-state index contributed by atoms with van der Waals surface area (Å²) in [5, 5.41) is 22.2. The van der Waals surface area contributed by atoms with Gasteiger partial charge in [0.2, 0.25) is 17.7 Å². The maximum Gasteiger partial charge on any atom is 0.300 e. The fourth-order valence-electron chi connectivity index (χ4n) is 4.09. The lowest BCUT2D eigenvalue weighted by molar-refractivity contribution is -0.134. The molecule has 2 rings (SSSR count). The fraction of sp³-hybridized carbons (Fsp3) is 0.400. The van der Waals surface area contributed by atoms with Gasteiger partial charge in [0, 0.05) is 33.0 Å². The summed E-state index contributed by atoms with van der Waals surface area (Å²) in [5.41, 5.74) is 23.0. The maximum absolute atomic E-state index is 14.0. The minimum absolute atomic E-state index is 0.0579. The number of rotatable bonds is 16. The van der Waals surface area contributed by atoms with Crippen LogP contribution in [0.2, 0.25) is 0 Å². The Morgan fingerprint density at radius 3 is 2.17 bits per heavy atom. The van der Waals surface area contributed by atoms with Crippen LogP contribution in [0.4, 0.5) is 4.39 Å². The zero-order valence-electron chi connectivity index (χ0n) is 26.0. The van der Waals surface area contributed by atoms with Crippen LogP contribution in [0.15, 0.2) is 58.5 Å². The first kappa shape index (κ1) is 38.6. The molecule has 2 aromatic carbocycles. The van der Waals surface area contributed by atoms with Gasteiger partial charge < -0.3 is 48.7 Å². The second-order valence-corrected chi connectivity index (χ2v) is 10.0. The average Bonchev–Trinajstić information content (AvgIpc) is 2.98. The lowest BCUT2D eigenvalue weighted by atomic mass is 10.0. The smallest absolute Gasteiger partial charge is 0.300 e. The molecule has 15 nitrogen and oxygen atoms in total. The van der Waals surface area contributed by atoms with Crippen LogP contribution in [0, 0.1) is 5.82 Å². The van der Waals surface area contributed by atoms with Gasteiger partial charge in [0.1, 0.15) is 23.7 Å². The van der Waals surface area contributed by atoms with Crippen LogP contribution in [-0.4, -0.2) is 89.0 Å². The number of phenolic OH excluding ortho intramolecular Hbond substituents is 1. The zero-order chi connectivity index (χ0) is 34.6. The van der Waals surface area contributed by atoms with E-state index in [1.807, 2.05) is 0 Å². The Hall–Kier alpha value is -5.41. The minimum atomic E-state index is -1.07. The predicted molar refractivity (Wildman–Crippen MR) is 172 cm³/mol. The molecule has 2 atom stereocenters. The number of phenols is 1. The molecule has 0 aromatic heterocycles. The van der Waals surface area contributed by atoms with Crippen molar-refractivity contribution in [3.8, 4) is 5.75 Å². The van der Waals surface area contributed by atoms with Crippen LogP contribution in [0.3, 0.4) is 0 Å². The Bertz CT molecular complexity index is 1340. The topological polar surface area (TPSA) is 265 Å². The van der Waals surface area contributed by atoms with E-state index in [9.17, 15) is 23.9 Å². The monoisotopic (exact) mass is 645 g/mol. The number of halogens is 1. The Balaban J connectivity index is 0.00000249. The van der Waals surface area contributed by atoms with Crippen LogP contribution in [0.5, 0.6) is 5.75 Å². The minimum Gasteiger partial charge on any atom is -0.508 e. The Morgan fingerprint density at radius 2 is 1.61 bits per heavy atom. The number of guanidine groups is 2. The normalized spacial score (nSPS) is 11.5. The molecule has 0 aliphatic carbocycles. The Kier molecular flexibility index (Phi) is 17.2. The van der Waals surface area contributed by atoms with Gasteiger partial charge in [-0.15, -0.1) is 0 Å². The van der Waals surface area contributed by atoms with Gasteiger partial charge in [-0.3, -0.25) is 24.2 Å². The molecule has 0 radical (unpaired) electrons. The molecule has 0 unspecified atom stereocenters. The first-order valence-electron chi connectivity index (χ1n) is 14.4. The van der Waals surface area contributed by atoms with E-state index in [2.05, 4.69) is 20.6 Å². The second-order valence-electron chi connectivity index (χ2n) is 10.0. The zero-order valence-corrected chi connectivity index (χ0v) is 26.0. The predicted octanol–water partition coefficient (Wildman–Crippen LogP) is -0.447. The summed E-state index contributed by atoms with van der Waals surface area (Å²) in [7, 11) is 0. The molecule has 0 fully saturated rings. The van der Waals surface area contributed by atoms with Crippen molar-refractivity contribution < 1.29 is 33.8 Å². The van der Waals surface area contributed by atoms with E-state index < -0.39 is 29.9 Å². The van der Waals surface area contributed by atoms with E-state index in [0.717, 1.165) is 6.92 Å². The van der Waals surface area contributed by atoms with Crippen molar-refractivity contribution in [2.24, 2.45) is 32.9 Å². The molecule has 0 saturated carbocycles. The molecule has 0 bridgehead atoms. The van der Waals surface area contributed by atoms with Gasteiger partial charge in [0.15, 0.2) is 11.9 Å². The SMILES string of the molecule is CC(=O)O.CCN(CCc1ccccc1F)C(=O)CNC(=O)[C@@H](CCCN=C(N)N)NC(=O)[C@H](Cc1ccc(O)cc1)N=C(N)N. The molecule has 0 saturated heterocycles. The summed E-state index contributed by atoms with van der Waals surface area (Å²) in [5.74, 6) is -3.13. The Morgan fingerprint density at radius 1 is 0.978 bits per heavy atom. The van der Waals surface area contributed by atoms with Gasteiger partial charge in [-0.05, 0) is 55.5 Å². The molecular formula is C30H44FN9O6. The van der Waals surface area contributed by atoms with Crippen molar-refractivity contribution in [3.63, 3.8) is 0 Å². The molecule has 0 spiro atoms. The third kappa shape index (κ3) is 15.9. The van der Waals surface area contributed by atoms with Gasteiger partial charge >= 0.3 is 0 Å². The first-order valence-corrected chi connectivity index (χ1v) is 14.4. The Labute approximate surface area is 266 Å². The molecular weight excluding hydrogens is 601 g/mol. The number of hydrogen-bond donors (Lipinski definition) is 8. The molecule has 46 heavy (non-hydrogen) atoms. The number of likely N-dealkylation sites (N-methyl/N-ethyl adjacent to an activating group) is 1. The summed E-state index contributed by atoms with van der Waals surface area (Å²) in [6, 6.07) is 10.4. The van der Waals surface area contributed by atoms with Crippen LogP contribution >= 0.6 is 0 Å².